The van der Waals surface area contributed by atoms with Crippen LogP contribution in [0.4, 0.5) is 21.5 Å². The first-order valence-electron chi connectivity index (χ1n) is 38.1. The molecule has 0 radical (unpaired) electrons. The molecule has 3 unspecified atom stereocenters. The fourth-order valence-electron chi connectivity index (χ4n) is 15.5. The Morgan fingerprint density at radius 2 is 0.915 bits per heavy atom. The van der Waals surface area contributed by atoms with E-state index in [0.29, 0.717) is 65.5 Å². The van der Waals surface area contributed by atoms with Crippen LogP contribution >= 0.6 is 0 Å². The molecular formula is C82H99FN18O5. The molecule has 8 aliphatic rings. The number of hydrogen-bond acceptors (Lipinski definition) is 17. The Bertz CT molecular complexity index is 4570. The lowest BCUT2D eigenvalue weighted by Crippen LogP contribution is -2.58. The maximum atomic E-state index is 14.6. The van der Waals surface area contributed by atoms with Crippen LogP contribution in [0.3, 0.4) is 0 Å². The topological polar surface area (TPSA) is 244 Å². The zero-order chi connectivity index (χ0) is 73.0. The number of rotatable bonds is 22. The van der Waals surface area contributed by atoms with Gasteiger partial charge in [-0.1, -0.05) is 12.1 Å². The molecule has 3 atom stereocenters. The number of anilines is 3. The van der Waals surface area contributed by atoms with Gasteiger partial charge in [-0.25, -0.2) is 18.4 Å². The molecule has 8 fully saturated rings. The third-order valence-electron chi connectivity index (χ3n) is 22.2. The molecule has 24 heteroatoms. The summed E-state index contributed by atoms with van der Waals surface area (Å²) >= 11 is 0. The Balaban J connectivity index is 0.000000128. The number of nitrogens with one attached hydrogen (secondary N) is 6. The molecule has 5 aliphatic heterocycles. The molecule has 6 N–H and O–H groups in total. The summed E-state index contributed by atoms with van der Waals surface area (Å²) in [6.07, 6.45) is 37.9. The normalized spacial score (nSPS) is 20.3. The number of aryl methyl sites for hydroxylation is 3. The van der Waals surface area contributed by atoms with Crippen LogP contribution in [0.2, 0.25) is 0 Å². The second-order valence-corrected chi connectivity index (χ2v) is 30.6. The Labute approximate surface area is 619 Å². The van der Waals surface area contributed by atoms with E-state index in [1.54, 1.807) is 30.3 Å². The van der Waals surface area contributed by atoms with Crippen molar-refractivity contribution in [3.63, 3.8) is 0 Å². The van der Waals surface area contributed by atoms with Gasteiger partial charge >= 0.3 is 0 Å². The number of fused-ring (bicyclic) bond motifs is 2. The molecule has 0 spiro atoms. The molecule has 554 valence electrons. The van der Waals surface area contributed by atoms with Gasteiger partial charge in [-0.3, -0.25) is 39.1 Å². The average molecular weight is 1440 g/mol. The summed E-state index contributed by atoms with van der Waals surface area (Å²) in [5.74, 6) is -0.868. The number of halogens is 1. The lowest BCUT2D eigenvalue weighted by atomic mass is 9.94. The molecular weight excluding hydrogens is 1340 g/mol. The highest BCUT2D eigenvalue weighted by molar-refractivity contribution is 5.98. The van der Waals surface area contributed by atoms with E-state index in [1.807, 2.05) is 115 Å². The highest BCUT2D eigenvalue weighted by Gasteiger charge is 2.46. The molecule has 3 amide bonds. The number of ether oxygens (including phenoxy) is 2. The van der Waals surface area contributed by atoms with Gasteiger partial charge in [0.25, 0.3) is 17.7 Å². The van der Waals surface area contributed by atoms with Crippen molar-refractivity contribution in [2.45, 2.75) is 178 Å². The second kappa shape index (κ2) is 32.2. The number of benzene rings is 3. The van der Waals surface area contributed by atoms with Gasteiger partial charge in [0.05, 0.1) is 121 Å². The van der Waals surface area contributed by atoms with Crippen LogP contribution in [0, 0.1) is 26.6 Å². The van der Waals surface area contributed by atoms with Gasteiger partial charge in [0, 0.05) is 121 Å². The van der Waals surface area contributed by atoms with Crippen LogP contribution in [-0.4, -0.2) is 197 Å². The maximum absolute atomic E-state index is 14.6. The van der Waals surface area contributed by atoms with E-state index >= 15 is 0 Å². The van der Waals surface area contributed by atoms with Crippen molar-refractivity contribution in [2.24, 2.45) is 0 Å². The molecule has 23 nitrogen and oxygen atoms in total. The molecule has 11 heterocycles. The molecule has 2 bridgehead atoms. The number of aromatic nitrogens is 9. The monoisotopic (exact) mass is 1430 g/mol. The summed E-state index contributed by atoms with van der Waals surface area (Å²) in [5, 5.41) is 33.8. The zero-order valence-electron chi connectivity index (χ0n) is 61.7. The average Bonchev–Trinajstić information content (AvgIpc) is 1.74. The van der Waals surface area contributed by atoms with E-state index in [4.69, 9.17) is 9.47 Å². The van der Waals surface area contributed by atoms with Crippen molar-refractivity contribution in [3.05, 3.63) is 180 Å². The first-order valence-corrected chi connectivity index (χ1v) is 38.1. The van der Waals surface area contributed by atoms with Crippen LogP contribution in [-0.2, 0) is 9.47 Å². The third-order valence-corrected chi connectivity index (χ3v) is 22.2. The van der Waals surface area contributed by atoms with Gasteiger partial charge in [-0.05, 0) is 226 Å². The molecule has 3 aliphatic carbocycles. The minimum Gasteiger partial charge on any atom is -0.383 e. The van der Waals surface area contributed by atoms with Gasteiger partial charge < -0.3 is 46.3 Å². The van der Waals surface area contributed by atoms with Crippen molar-refractivity contribution in [2.75, 3.05) is 76.1 Å². The first-order chi connectivity index (χ1) is 51.6. The predicted octanol–water partition coefficient (Wildman–Crippen LogP) is 11.8. The van der Waals surface area contributed by atoms with Crippen LogP contribution < -0.4 is 31.9 Å². The van der Waals surface area contributed by atoms with Crippen LogP contribution in [0.5, 0.6) is 0 Å². The minimum absolute atomic E-state index is 0.00183. The number of nitrogens with zero attached hydrogens (tertiary/aromatic N) is 12. The van der Waals surface area contributed by atoms with Crippen LogP contribution in [0.25, 0.3) is 50.4 Å². The van der Waals surface area contributed by atoms with Gasteiger partial charge in [0.2, 0.25) is 0 Å². The first kappa shape index (κ1) is 71.9. The smallest absolute Gasteiger partial charge is 0.254 e. The van der Waals surface area contributed by atoms with Crippen LogP contribution in [0.15, 0.2) is 141 Å². The van der Waals surface area contributed by atoms with E-state index in [1.165, 1.54) is 18.9 Å². The molecule has 3 saturated carbocycles. The molecule has 106 heavy (non-hydrogen) atoms. The van der Waals surface area contributed by atoms with E-state index in [-0.39, 0.29) is 29.3 Å². The lowest BCUT2D eigenvalue weighted by Gasteiger charge is -2.46. The highest BCUT2D eigenvalue weighted by atomic mass is 19.1. The summed E-state index contributed by atoms with van der Waals surface area (Å²) < 4.78 is 30.8. The molecule has 17 rings (SSSR count). The predicted molar refractivity (Wildman–Crippen MR) is 410 cm³/mol. The Morgan fingerprint density at radius 1 is 0.491 bits per heavy atom. The lowest BCUT2D eigenvalue weighted by molar-refractivity contribution is -0.0917. The number of likely N-dealkylation sites (tertiary alicyclic amines) is 2. The highest BCUT2D eigenvalue weighted by Crippen LogP contribution is 2.40. The Morgan fingerprint density at radius 3 is 1.34 bits per heavy atom. The minimum atomic E-state index is -0.500. The molecule has 6 aromatic heterocycles. The largest absolute Gasteiger partial charge is 0.383 e. The van der Waals surface area contributed by atoms with Gasteiger partial charge in [-0.2, -0.15) is 15.3 Å². The number of hydrogen-bond donors (Lipinski definition) is 6. The van der Waals surface area contributed by atoms with E-state index in [0.717, 1.165) is 207 Å². The van der Waals surface area contributed by atoms with Crippen molar-refractivity contribution in [1.29, 1.82) is 0 Å². The van der Waals surface area contributed by atoms with Crippen molar-refractivity contribution in [1.82, 2.24) is 74.9 Å². The SMILES string of the molecule is COCC(C)N1CCC(Nc2cncc(-n3cc(-c4cc(C(=O)NC5CC5)ccc4C)cn3)c2)CC1.Cc1cc(F)c(C(=O)NC2CC2)cc1-c1cnn(-c2cncc(NC3CC4CCC(C3)N4C3COC3)c2)c1.Cc1ccc(C(=O)NC2CC2)cc1-c1cnn(-c2cncc(NC3CCN(C)CC3)c2)c1. The number of piperidine rings is 3. The van der Waals surface area contributed by atoms with Gasteiger partial charge in [-0.15, -0.1) is 0 Å². The maximum Gasteiger partial charge on any atom is 0.254 e. The van der Waals surface area contributed by atoms with E-state index < -0.39 is 5.82 Å². The van der Waals surface area contributed by atoms with Gasteiger partial charge in [0.15, 0.2) is 0 Å². The van der Waals surface area contributed by atoms with Crippen LogP contribution in [0.1, 0.15) is 145 Å². The second-order valence-electron chi connectivity index (χ2n) is 30.6. The number of pyridine rings is 3. The van der Waals surface area contributed by atoms with Crippen molar-refractivity contribution in [3.8, 4) is 50.4 Å². The number of carbonyl (C=O) groups is 3. The third kappa shape index (κ3) is 17.5. The van der Waals surface area contributed by atoms with E-state index in [2.05, 4.69) is 123 Å². The molecule has 3 aromatic carbocycles. The number of amides is 3. The summed E-state index contributed by atoms with van der Waals surface area (Å²) in [4.78, 5) is 58.5. The zero-order valence-corrected chi connectivity index (χ0v) is 61.7. The van der Waals surface area contributed by atoms with Crippen molar-refractivity contribution >= 4 is 34.8 Å². The Kier molecular flexibility index (Phi) is 21.8. The molecule has 5 saturated heterocycles. The van der Waals surface area contributed by atoms with Gasteiger partial charge in [0.1, 0.15) is 5.82 Å². The fourth-order valence-corrected chi connectivity index (χ4v) is 15.5. The summed E-state index contributed by atoms with van der Waals surface area (Å²) in [6, 6.07) is 25.6. The molecule has 9 aromatic rings. The fraction of sp³-hybridized carbons (Fsp3) is 0.451. The van der Waals surface area contributed by atoms with Crippen molar-refractivity contribution < 1.29 is 28.2 Å². The summed E-state index contributed by atoms with van der Waals surface area (Å²) in [6.45, 7) is 15.1. The van der Waals surface area contributed by atoms with E-state index in [9.17, 15) is 18.8 Å². The quantitative estimate of drug-likeness (QED) is 0.0369. The summed E-state index contributed by atoms with van der Waals surface area (Å²) in [7, 11) is 3.94. The Hall–Kier alpha value is -9.72. The summed E-state index contributed by atoms with van der Waals surface area (Å²) in [5.41, 5.74) is 15.7. The standard InChI is InChI=1S/C29H33FN6O2.C28H36N6O2.C25H30N6O/c1-17-6-28(30)27(29(37)34-19-2-3-19)10-26(17)18-11-32-35(14-18)24-9-21(12-31-13-24)33-20-7-22-4-5-23(8-20)36(22)25-15-38-16-25;1-19-4-5-21(28(35)32-23-6-7-23)12-27(19)22-14-30-34(17-22)26-13-25(15-29-16-26)31-24-8-10-33(11-9-24)20(2)18-36-3;1-17-3-4-18(25(32)29-20-5-6-20)11-24(17)19-13-27-31(16-19)23-12-22(14-26-15-23)28-21-7-9-30(2)10-8-21/h6,9-14,19-20,22-23,25,33H,2-5,7-8,15-16H2,1H3,(H,34,37);4-5,12-17,20,23-24,31H,6-11,18H2,1-3H3,(H,32,35);3-4,11-16,20-21,28H,5-10H2,1-2H3,(H,29,32). The number of carbonyl (C=O) groups excluding carboxylic acids is 3. The number of methoxy groups -OCH3 is 1.